The van der Waals surface area contributed by atoms with Crippen molar-refractivity contribution in [3.63, 3.8) is 0 Å². The molecule has 0 atom stereocenters. The standard InChI is InChI=1S/C21H21N3O/c1-15-3-5-16(6-4-15)14-24-12-10-17-13-18(7-8-19(17)21(24)25)20-9-11-22-23(20)2/h3-9,11,13H,10,12,14H2,1-2H3. The molecule has 0 unspecified atom stereocenters. The Balaban J connectivity index is 1.58. The highest BCUT2D eigenvalue weighted by Crippen LogP contribution is 2.26. The molecular formula is C21H21N3O. The first-order chi connectivity index (χ1) is 12.1. The second-order valence-electron chi connectivity index (χ2n) is 6.67. The first-order valence-corrected chi connectivity index (χ1v) is 8.58. The number of benzene rings is 2. The summed E-state index contributed by atoms with van der Waals surface area (Å²) in [6.07, 6.45) is 2.68. The molecule has 0 saturated heterocycles. The Kier molecular flexibility index (Phi) is 3.88. The number of amides is 1. The van der Waals surface area contributed by atoms with Gasteiger partial charge < -0.3 is 4.90 Å². The van der Waals surface area contributed by atoms with Crippen molar-refractivity contribution in [1.82, 2.24) is 14.7 Å². The number of hydrogen-bond donors (Lipinski definition) is 0. The average Bonchev–Trinajstić information content (AvgIpc) is 3.05. The Labute approximate surface area is 147 Å². The number of hydrogen-bond acceptors (Lipinski definition) is 2. The van der Waals surface area contributed by atoms with Crippen LogP contribution in [0.2, 0.25) is 0 Å². The lowest BCUT2D eigenvalue weighted by Gasteiger charge is -2.29. The molecule has 1 aromatic heterocycles. The third-order valence-corrected chi connectivity index (χ3v) is 4.88. The highest BCUT2D eigenvalue weighted by atomic mass is 16.2. The molecule has 25 heavy (non-hydrogen) atoms. The van der Waals surface area contributed by atoms with Gasteiger partial charge in [0.2, 0.25) is 0 Å². The van der Waals surface area contributed by atoms with Crippen molar-refractivity contribution in [2.24, 2.45) is 7.05 Å². The molecule has 4 heteroatoms. The Morgan fingerprint density at radius 2 is 1.88 bits per heavy atom. The SMILES string of the molecule is Cc1ccc(CN2CCc3cc(-c4ccnn4C)ccc3C2=O)cc1. The number of aryl methyl sites for hydroxylation is 2. The Hall–Kier alpha value is -2.88. The molecule has 0 bridgehead atoms. The molecule has 126 valence electrons. The number of aromatic nitrogens is 2. The Morgan fingerprint density at radius 3 is 2.60 bits per heavy atom. The minimum atomic E-state index is 0.124. The molecule has 4 rings (SSSR count). The summed E-state index contributed by atoms with van der Waals surface area (Å²) >= 11 is 0. The van der Waals surface area contributed by atoms with Crippen molar-refractivity contribution < 1.29 is 4.79 Å². The van der Waals surface area contributed by atoms with Crippen LogP contribution in [0, 0.1) is 6.92 Å². The highest BCUT2D eigenvalue weighted by molar-refractivity contribution is 5.97. The van der Waals surface area contributed by atoms with Gasteiger partial charge in [-0.05, 0) is 42.7 Å². The van der Waals surface area contributed by atoms with E-state index in [-0.39, 0.29) is 5.91 Å². The third kappa shape index (κ3) is 2.95. The molecule has 1 aliphatic rings. The number of nitrogens with zero attached hydrogens (tertiary/aromatic N) is 3. The molecule has 0 radical (unpaired) electrons. The summed E-state index contributed by atoms with van der Waals surface area (Å²) in [5, 5.41) is 4.23. The zero-order valence-corrected chi connectivity index (χ0v) is 14.6. The topological polar surface area (TPSA) is 38.1 Å². The fourth-order valence-electron chi connectivity index (χ4n) is 3.42. The molecule has 2 heterocycles. The van der Waals surface area contributed by atoms with E-state index in [0.29, 0.717) is 6.54 Å². The van der Waals surface area contributed by atoms with Crippen LogP contribution in [0.25, 0.3) is 11.3 Å². The summed E-state index contributed by atoms with van der Waals surface area (Å²) < 4.78 is 1.86. The van der Waals surface area contributed by atoms with E-state index >= 15 is 0 Å². The van der Waals surface area contributed by atoms with Gasteiger partial charge in [0, 0.05) is 37.5 Å². The van der Waals surface area contributed by atoms with Gasteiger partial charge in [0.25, 0.3) is 5.91 Å². The number of carbonyl (C=O) groups excluding carboxylic acids is 1. The predicted molar refractivity (Wildman–Crippen MR) is 98.3 cm³/mol. The van der Waals surface area contributed by atoms with Crippen LogP contribution in [-0.2, 0) is 20.0 Å². The van der Waals surface area contributed by atoms with Crippen LogP contribution in [0.15, 0.2) is 54.7 Å². The van der Waals surface area contributed by atoms with Gasteiger partial charge in [-0.15, -0.1) is 0 Å². The van der Waals surface area contributed by atoms with E-state index in [1.165, 1.54) is 11.1 Å². The summed E-state index contributed by atoms with van der Waals surface area (Å²) in [6, 6.07) is 16.5. The van der Waals surface area contributed by atoms with Gasteiger partial charge >= 0.3 is 0 Å². The number of rotatable bonds is 3. The highest BCUT2D eigenvalue weighted by Gasteiger charge is 2.24. The number of fused-ring (bicyclic) bond motifs is 1. The molecule has 1 amide bonds. The van der Waals surface area contributed by atoms with Crippen LogP contribution in [0.4, 0.5) is 0 Å². The molecule has 3 aromatic rings. The Bertz CT molecular complexity index is 925. The first-order valence-electron chi connectivity index (χ1n) is 8.58. The van der Waals surface area contributed by atoms with Gasteiger partial charge in [0.1, 0.15) is 0 Å². The normalized spacial score (nSPS) is 13.8. The van der Waals surface area contributed by atoms with Crippen LogP contribution in [0.3, 0.4) is 0 Å². The minimum Gasteiger partial charge on any atom is -0.334 e. The van der Waals surface area contributed by atoms with Crippen LogP contribution in [0.5, 0.6) is 0 Å². The van der Waals surface area contributed by atoms with Crippen molar-refractivity contribution in [3.05, 3.63) is 77.0 Å². The molecule has 0 saturated carbocycles. The summed E-state index contributed by atoms with van der Waals surface area (Å²) in [5.74, 6) is 0.124. The monoisotopic (exact) mass is 331 g/mol. The van der Waals surface area contributed by atoms with Crippen molar-refractivity contribution in [2.75, 3.05) is 6.54 Å². The quantitative estimate of drug-likeness (QED) is 0.735. The second-order valence-corrected chi connectivity index (χ2v) is 6.67. The zero-order chi connectivity index (χ0) is 17.4. The van der Waals surface area contributed by atoms with Crippen molar-refractivity contribution in [1.29, 1.82) is 0 Å². The smallest absolute Gasteiger partial charge is 0.254 e. The summed E-state index contributed by atoms with van der Waals surface area (Å²) in [7, 11) is 1.93. The third-order valence-electron chi connectivity index (χ3n) is 4.88. The zero-order valence-electron chi connectivity index (χ0n) is 14.6. The van der Waals surface area contributed by atoms with Gasteiger partial charge in [0.15, 0.2) is 0 Å². The van der Waals surface area contributed by atoms with Gasteiger partial charge in [-0.25, -0.2) is 0 Å². The van der Waals surface area contributed by atoms with Crippen LogP contribution in [-0.4, -0.2) is 27.1 Å². The van der Waals surface area contributed by atoms with Crippen LogP contribution < -0.4 is 0 Å². The molecule has 0 spiro atoms. The van der Waals surface area contributed by atoms with Gasteiger partial charge in [-0.3, -0.25) is 9.48 Å². The molecule has 0 fully saturated rings. The number of carbonyl (C=O) groups is 1. The van der Waals surface area contributed by atoms with E-state index in [4.69, 9.17) is 0 Å². The maximum atomic E-state index is 12.9. The van der Waals surface area contributed by atoms with E-state index in [1.807, 2.05) is 34.8 Å². The fraction of sp³-hybridized carbons (Fsp3) is 0.238. The second kappa shape index (κ2) is 6.20. The van der Waals surface area contributed by atoms with E-state index < -0.39 is 0 Å². The Morgan fingerprint density at radius 1 is 1.08 bits per heavy atom. The lowest BCUT2D eigenvalue weighted by molar-refractivity contribution is 0.0727. The molecule has 0 aliphatic carbocycles. The largest absolute Gasteiger partial charge is 0.334 e. The first kappa shape index (κ1) is 15.6. The van der Waals surface area contributed by atoms with E-state index in [2.05, 4.69) is 42.4 Å². The molecular weight excluding hydrogens is 310 g/mol. The van der Waals surface area contributed by atoms with Gasteiger partial charge in [0.05, 0.1) is 5.69 Å². The maximum absolute atomic E-state index is 12.9. The van der Waals surface area contributed by atoms with E-state index in [9.17, 15) is 4.79 Å². The summed E-state index contributed by atoms with van der Waals surface area (Å²) in [6.45, 7) is 3.50. The maximum Gasteiger partial charge on any atom is 0.254 e. The molecule has 2 aromatic carbocycles. The fourth-order valence-corrected chi connectivity index (χ4v) is 3.42. The van der Waals surface area contributed by atoms with Gasteiger partial charge in [-0.1, -0.05) is 35.9 Å². The molecule has 0 N–H and O–H groups in total. The molecule has 4 nitrogen and oxygen atoms in total. The summed E-state index contributed by atoms with van der Waals surface area (Å²) in [5.41, 5.74) is 6.54. The van der Waals surface area contributed by atoms with Crippen molar-refractivity contribution >= 4 is 5.91 Å². The van der Waals surface area contributed by atoms with E-state index in [1.54, 1.807) is 6.20 Å². The average molecular weight is 331 g/mol. The predicted octanol–water partition coefficient (Wildman–Crippen LogP) is 3.59. The van der Waals surface area contributed by atoms with Crippen molar-refractivity contribution in [2.45, 2.75) is 19.9 Å². The van der Waals surface area contributed by atoms with E-state index in [0.717, 1.165) is 35.3 Å². The molecule has 1 aliphatic heterocycles. The minimum absolute atomic E-state index is 0.124. The lowest BCUT2D eigenvalue weighted by atomic mass is 9.95. The summed E-state index contributed by atoms with van der Waals surface area (Å²) in [4.78, 5) is 14.8. The van der Waals surface area contributed by atoms with Crippen molar-refractivity contribution in [3.8, 4) is 11.3 Å². The van der Waals surface area contributed by atoms with Crippen LogP contribution >= 0.6 is 0 Å². The lowest BCUT2D eigenvalue weighted by Crippen LogP contribution is -2.37. The van der Waals surface area contributed by atoms with Crippen LogP contribution in [0.1, 0.15) is 27.0 Å². The van der Waals surface area contributed by atoms with Gasteiger partial charge in [-0.2, -0.15) is 5.10 Å².